The van der Waals surface area contributed by atoms with Gasteiger partial charge in [-0.15, -0.1) is 0 Å². The van der Waals surface area contributed by atoms with Gasteiger partial charge in [0.1, 0.15) is 6.04 Å². The van der Waals surface area contributed by atoms with Gasteiger partial charge in [-0.1, -0.05) is 36.4 Å². The largest absolute Gasteiger partial charge is 0.333 e. The van der Waals surface area contributed by atoms with Gasteiger partial charge < -0.3 is 4.90 Å². The molecule has 3 aromatic rings. The Bertz CT molecular complexity index is 1240. The van der Waals surface area contributed by atoms with E-state index in [1.165, 1.54) is 4.90 Å². The number of halogens is 2. The van der Waals surface area contributed by atoms with Crippen molar-refractivity contribution in [3.05, 3.63) is 65.7 Å². The Kier molecular flexibility index (Phi) is 4.80. The number of fused-ring (bicyclic) bond motifs is 1. The van der Waals surface area contributed by atoms with Gasteiger partial charge in [-0.2, -0.15) is 13.9 Å². The van der Waals surface area contributed by atoms with Crippen molar-refractivity contribution in [3.8, 4) is 22.5 Å². The molecule has 162 valence electrons. The normalized spacial score (nSPS) is 18.3. The Hall–Kier alpha value is -3.88. The molecule has 1 N–H and O–H groups in total. The fraction of sp³-hybridized carbons (Fsp3) is 0.217. The number of nitrogens with zero attached hydrogens (tertiary/aromatic N) is 3. The molecule has 2 aromatic carbocycles. The summed E-state index contributed by atoms with van der Waals surface area (Å²) in [4.78, 5) is 37.9. The van der Waals surface area contributed by atoms with Gasteiger partial charge in [0.15, 0.2) is 0 Å². The topological polar surface area (TPSA) is 84.3 Å². The SMILES string of the molecule is O=C1CC[C@@H](N2Cc3cc(-c4cc(-c5ccccc5)n(C(F)F)n4)ccc3C2=O)C(=O)N1. The van der Waals surface area contributed by atoms with Crippen LogP contribution >= 0.6 is 0 Å². The van der Waals surface area contributed by atoms with E-state index in [1.54, 1.807) is 54.6 Å². The number of rotatable bonds is 4. The number of piperidine rings is 1. The Balaban J connectivity index is 1.47. The molecule has 0 aliphatic carbocycles. The number of nitrogens with one attached hydrogen (secondary N) is 1. The van der Waals surface area contributed by atoms with Crippen LogP contribution < -0.4 is 5.32 Å². The number of hydrogen-bond donors (Lipinski definition) is 1. The number of carbonyl (C=O) groups excluding carboxylic acids is 3. The summed E-state index contributed by atoms with van der Waals surface area (Å²) in [6.45, 7) is -2.60. The van der Waals surface area contributed by atoms with Crippen LogP contribution in [-0.2, 0) is 16.1 Å². The highest BCUT2D eigenvalue weighted by Gasteiger charge is 2.39. The van der Waals surface area contributed by atoms with E-state index in [0.29, 0.717) is 32.6 Å². The number of benzene rings is 2. The third-order valence-electron chi connectivity index (χ3n) is 5.81. The number of aromatic nitrogens is 2. The number of amides is 3. The Morgan fingerprint density at radius 3 is 2.50 bits per heavy atom. The quantitative estimate of drug-likeness (QED) is 0.636. The highest BCUT2D eigenvalue weighted by atomic mass is 19.3. The first kappa shape index (κ1) is 20.0. The molecule has 2 aliphatic rings. The fourth-order valence-electron chi connectivity index (χ4n) is 4.24. The summed E-state index contributed by atoms with van der Waals surface area (Å²) in [5.74, 6) is -1.11. The van der Waals surface area contributed by atoms with E-state index in [2.05, 4.69) is 10.4 Å². The van der Waals surface area contributed by atoms with Crippen molar-refractivity contribution in [2.24, 2.45) is 0 Å². The summed E-state index contributed by atoms with van der Waals surface area (Å²) in [7, 11) is 0. The minimum Gasteiger partial charge on any atom is -0.322 e. The highest BCUT2D eigenvalue weighted by molar-refractivity contribution is 6.05. The number of hydrogen-bond acceptors (Lipinski definition) is 4. The summed E-state index contributed by atoms with van der Waals surface area (Å²) < 4.78 is 27.9. The summed E-state index contributed by atoms with van der Waals surface area (Å²) in [5.41, 5.74) is 3.00. The van der Waals surface area contributed by atoms with E-state index >= 15 is 0 Å². The van der Waals surface area contributed by atoms with E-state index in [-0.39, 0.29) is 36.9 Å². The maximum Gasteiger partial charge on any atom is 0.333 e. The monoisotopic (exact) mass is 436 g/mol. The first-order chi connectivity index (χ1) is 15.4. The molecule has 0 bridgehead atoms. The van der Waals surface area contributed by atoms with E-state index in [4.69, 9.17) is 0 Å². The van der Waals surface area contributed by atoms with Crippen molar-refractivity contribution in [3.63, 3.8) is 0 Å². The molecule has 5 rings (SSSR count). The van der Waals surface area contributed by atoms with Crippen LogP contribution in [0.4, 0.5) is 8.78 Å². The second-order valence-corrected chi connectivity index (χ2v) is 7.77. The molecule has 0 radical (unpaired) electrons. The molecule has 3 amide bonds. The first-order valence-electron chi connectivity index (χ1n) is 10.1. The summed E-state index contributed by atoms with van der Waals surface area (Å²) in [6, 6.07) is 14.7. The zero-order valence-corrected chi connectivity index (χ0v) is 16.8. The van der Waals surface area contributed by atoms with Gasteiger partial charge >= 0.3 is 6.55 Å². The lowest BCUT2D eigenvalue weighted by molar-refractivity contribution is -0.136. The predicted molar refractivity (Wildman–Crippen MR) is 110 cm³/mol. The summed E-state index contributed by atoms with van der Waals surface area (Å²) >= 11 is 0. The Morgan fingerprint density at radius 1 is 1.00 bits per heavy atom. The molecule has 1 saturated heterocycles. The lowest BCUT2D eigenvalue weighted by atomic mass is 10.0. The van der Waals surface area contributed by atoms with Crippen LogP contribution in [0.2, 0.25) is 0 Å². The van der Waals surface area contributed by atoms with Crippen LogP contribution in [0.5, 0.6) is 0 Å². The molecular formula is C23H18F2N4O3. The standard InChI is InChI=1S/C23H18F2N4O3/c24-23(25)29-19(13-4-2-1-3-5-13)11-17(27-29)14-6-7-16-15(10-14)12-28(22(16)32)18-8-9-20(30)26-21(18)31/h1-7,10-11,18,23H,8-9,12H2,(H,26,30,31)/t18-/m1/s1. The molecule has 0 saturated carbocycles. The first-order valence-corrected chi connectivity index (χ1v) is 10.1. The van der Waals surface area contributed by atoms with Crippen molar-refractivity contribution >= 4 is 17.7 Å². The van der Waals surface area contributed by atoms with Gasteiger partial charge in [0, 0.05) is 29.7 Å². The van der Waals surface area contributed by atoms with E-state index < -0.39 is 18.5 Å². The minimum absolute atomic E-state index is 0.176. The van der Waals surface area contributed by atoms with Crippen molar-refractivity contribution in [2.75, 3.05) is 0 Å². The number of imide groups is 1. The van der Waals surface area contributed by atoms with Crippen LogP contribution in [0.1, 0.15) is 35.3 Å². The van der Waals surface area contributed by atoms with Crippen molar-refractivity contribution in [1.82, 2.24) is 20.0 Å². The number of alkyl halides is 2. The van der Waals surface area contributed by atoms with Crippen LogP contribution in [0.25, 0.3) is 22.5 Å². The van der Waals surface area contributed by atoms with Gasteiger partial charge in [0.25, 0.3) is 5.91 Å². The molecule has 2 aliphatic heterocycles. The molecule has 7 nitrogen and oxygen atoms in total. The average Bonchev–Trinajstić information content (AvgIpc) is 3.37. The molecule has 1 atom stereocenters. The maximum absolute atomic E-state index is 13.6. The zero-order valence-electron chi connectivity index (χ0n) is 16.8. The molecular weight excluding hydrogens is 418 g/mol. The Morgan fingerprint density at radius 2 is 1.78 bits per heavy atom. The lowest BCUT2D eigenvalue weighted by Gasteiger charge is -2.29. The average molecular weight is 436 g/mol. The maximum atomic E-state index is 13.6. The zero-order chi connectivity index (χ0) is 22.4. The second-order valence-electron chi connectivity index (χ2n) is 7.77. The van der Waals surface area contributed by atoms with Crippen LogP contribution in [0, 0.1) is 0 Å². The van der Waals surface area contributed by atoms with Crippen molar-refractivity contribution in [1.29, 1.82) is 0 Å². The van der Waals surface area contributed by atoms with Gasteiger partial charge in [-0.25, -0.2) is 4.68 Å². The Labute approximate surface area is 181 Å². The molecule has 32 heavy (non-hydrogen) atoms. The third kappa shape index (κ3) is 3.35. The molecule has 1 fully saturated rings. The number of carbonyl (C=O) groups is 3. The summed E-state index contributed by atoms with van der Waals surface area (Å²) in [6.07, 6.45) is 0.450. The second kappa shape index (κ2) is 7.67. The van der Waals surface area contributed by atoms with Gasteiger partial charge in [0.2, 0.25) is 11.8 Å². The highest BCUT2D eigenvalue weighted by Crippen LogP contribution is 2.33. The molecule has 3 heterocycles. The van der Waals surface area contributed by atoms with Crippen LogP contribution in [0.3, 0.4) is 0 Å². The molecule has 9 heteroatoms. The molecule has 1 aromatic heterocycles. The lowest BCUT2D eigenvalue weighted by Crippen LogP contribution is -2.52. The predicted octanol–water partition coefficient (Wildman–Crippen LogP) is 3.37. The van der Waals surface area contributed by atoms with Gasteiger partial charge in [0.05, 0.1) is 11.4 Å². The third-order valence-corrected chi connectivity index (χ3v) is 5.81. The van der Waals surface area contributed by atoms with E-state index in [0.717, 1.165) is 0 Å². The molecule has 0 unspecified atom stereocenters. The van der Waals surface area contributed by atoms with Crippen LogP contribution in [0.15, 0.2) is 54.6 Å². The van der Waals surface area contributed by atoms with Crippen molar-refractivity contribution in [2.45, 2.75) is 32.0 Å². The van der Waals surface area contributed by atoms with Gasteiger partial charge in [-0.05, 0) is 30.2 Å². The smallest absolute Gasteiger partial charge is 0.322 e. The van der Waals surface area contributed by atoms with E-state index in [9.17, 15) is 23.2 Å². The fourth-order valence-corrected chi connectivity index (χ4v) is 4.24. The van der Waals surface area contributed by atoms with Crippen LogP contribution in [-0.4, -0.2) is 38.4 Å². The van der Waals surface area contributed by atoms with Gasteiger partial charge in [-0.3, -0.25) is 19.7 Å². The molecule has 0 spiro atoms. The summed E-state index contributed by atoms with van der Waals surface area (Å²) in [5, 5.41) is 6.37. The van der Waals surface area contributed by atoms with E-state index in [1.807, 2.05) is 0 Å². The van der Waals surface area contributed by atoms with Crippen molar-refractivity contribution < 1.29 is 23.2 Å². The minimum atomic E-state index is -2.81.